The van der Waals surface area contributed by atoms with E-state index >= 15 is 0 Å². The van der Waals surface area contributed by atoms with Gasteiger partial charge in [0.15, 0.2) is 11.5 Å². The summed E-state index contributed by atoms with van der Waals surface area (Å²) < 4.78 is 12.7. The van der Waals surface area contributed by atoms with Crippen LogP contribution in [0.4, 0.5) is 0 Å². The van der Waals surface area contributed by atoms with Gasteiger partial charge < -0.3 is 14.8 Å². The maximum absolute atomic E-state index is 5.45. The average molecular weight is 305 g/mol. The standard InChI is InChI=1S/C15H19N3O2S/c1-10-6-15(18(3)17-10)21-8-12(16-2)11-4-5-13-14(7-11)20-9-19-13/h4-7,12,16H,8-9H2,1-3H3. The van der Waals surface area contributed by atoms with Gasteiger partial charge in [-0.1, -0.05) is 6.07 Å². The van der Waals surface area contributed by atoms with Crippen LogP contribution in [0.2, 0.25) is 0 Å². The number of ether oxygens (including phenoxy) is 2. The number of thioether (sulfide) groups is 1. The molecule has 0 saturated carbocycles. The number of aryl methyl sites for hydroxylation is 2. The summed E-state index contributed by atoms with van der Waals surface area (Å²) in [6.45, 7) is 2.32. The summed E-state index contributed by atoms with van der Waals surface area (Å²) in [6, 6.07) is 8.47. The quantitative estimate of drug-likeness (QED) is 0.860. The Morgan fingerprint density at radius 3 is 2.86 bits per heavy atom. The third-order valence-electron chi connectivity index (χ3n) is 3.50. The van der Waals surface area contributed by atoms with Gasteiger partial charge in [0, 0.05) is 18.8 Å². The highest BCUT2D eigenvalue weighted by atomic mass is 32.2. The van der Waals surface area contributed by atoms with Crippen molar-refractivity contribution in [2.45, 2.75) is 18.0 Å². The normalized spacial score (nSPS) is 14.4. The molecule has 0 amide bonds. The fourth-order valence-corrected chi connectivity index (χ4v) is 3.54. The lowest BCUT2D eigenvalue weighted by atomic mass is 10.1. The number of hydrogen-bond donors (Lipinski definition) is 1. The summed E-state index contributed by atoms with van der Waals surface area (Å²) in [5.74, 6) is 2.58. The van der Waals surface area contributed by atoms with Gasteiger partial charge in [-0.2, -0.15) is 5.10 Å². The molecule has 1 aliphatic rings. The third kappa shape index (κ3) is 3.01. The van der Waals surface area contributed by atoms with E-state index in [-0.39, 0.29) is 6.04 Å². The van der Waals surface area contributed by atoms with Crippen LogP contribution in [0.1, 0.15) is 17.3 Å². The molecule has 1 N–H and O–H groups in total. The fourth-order valence-electron chi connectivity index (χ4n) is 2.37. The van der Waals surface area contributed by atoms with E-state index in [2.05, 4.69) is 28.6 Å². The molecule has 1 aromatic heterocycles. The van der Waals surface area contributed by atoms with Crippen LogP contribution in [-0.2, 0) is 7.05 Å². The van der Waals surface area contributed by atoms with Gasteiger partial charge in [-0.15, -0.1) is 11.8 Å². The Bertz CT molecular complexity index is 642. The van der Waals surface area contributed by atoms with Gasteiger partial charge in [0.1, 0.15) is 0 Å². The minimum Gasteiger partial charge on any atom is -0.454 e. The van der Waals surface area contributed by atoms with Gasteiger partial charge >= 0.3 is 0 Å². The zero-order chi connectivity index (χ0) is 14.8. The van der Waals surface area contributed by atoms with Crippen LogP contribution in [0.25, 0.3) is 0 Å². The second-order valence-corrected chi connectivity index (χ2v) is 6.05. The lowest BCUT2D eigenvalue weighted by Crippen LogP contribution is -2.18. The molecule has 2 heterocycles. The summed E-state index contributed by atoms with van der Waals surface area (Å²) >= 11 is 1.79. The van der Waals surface area contributed by atoms with Crippen molar-refractivity contribution in [3.63, 3.8) is 0 Å². The summed E-state index contributed by atoms with van der Waals surface area (Å²) in [4.78, 5) is 0. The SMILES string of the molecule is CNC(CSc1cc(C)nn1C)c1ccc2c(c1)OCO2. The molecule has 2 aromatic rings. The van der Waals surface area contributed by atoms with Crippen molar-refractivity contribution in [1.29, 1.82) is 0 Å². The molecule has 0 radical (unpaired) electrons. The maximum Gasteiger partial charge on any atom is 0.231 e. The minimum absolute atomic E-state index is 0.250. The Morgan fingerprint density at radius 2 is 2.14 bits per heavy atom. The van der Waals surface area contributed by atoms with E-state index < -0.39 is 0 Å². The highest BCUT2D eigenvalue weighted by Gasteiger charge is 2.17. The van der Waals surface area contributed by atoms with Gasteiger partial charge in [-0.05, 0) is 37.7 Å². The van der Waals surface area contributed by atoms with Crippen molar-refractivity contribution in [3.05, 3.63) is 35.5 Å². The molecule has 6 heteroatoms. The third-order valence-corrected chi connectivity index (χ3v) is 4.68. The van der Waals surface area contributed by atoms with Gasteiger partial charge in [0.05, 0.1) is 10.7 Å². The van der Waals surface area contributed by atoms with Crippen molar-refractivity contribution < 1.29 is 9.47 Å². The first-order chi connectivity index (χ1) is 10.2. The topological polar surface area (TPSA) is 48.3 Å². The molecule has 1 aliphatic heterocycles. The van der Waals surface area contributed by atoms with Crippen molar-refractivity contribution in [3.8, 4) is 11.5 Å². The molecule has 0 saturated heterocycles. The molecule has 3 rings (SSSR count). The van der Waals surface area contributed by atoms with Crippen LogP contribution in [0, 0.1) is 6.92 Å². The molecular formula is C15H19N3O2S. The number of hydrogen-bond acceptors (Lipinski definition) is 5. The highest BCUT2D eigenvalue weighted by molar-refractivity contribution is 7.99. The predicted molar refractivity (Wildman–Crippen MR) is 83.0 cm³/mol. The summed E-state index contributed by atoms with van der Waals surface area (Å²) in [5, 5.41) is 8.91. The van der Waals surface area contributed by atoms with E-state index in [1.165, 1.54) is 10.6 Å². The molecule has 1 atom stereocenters. The Morgan fingerprint density at radius 1 is 1.33 bits per heavy atom. The molecule has 1 aromatic carbocycles. The van der Waals surface area contributed by atoms with Gasteiger partial charge in [0.2, 0.25) is 6.79 Å². The Hall–Kier alpha value is -1.66. The van der Waals surface area contributed by atoms with E-state index in [0.717, 1.165) is 22.9 Å². The van der Waals surface area contributed by atoms with Gasteiger partial charge in [-0.3, -0.25) is 4.68 Å². The van der Waals surface area contributed by atoms with Crippen molar-refractivity contribution in [2.24, 2.45) is 7.05 Å². The largest absolute Gasteiger partial charge is 0.454 e. The lowest BCUT2D eigenvalue weighted by Gasteiger charge is -2.16. The van der Waals surface area contributed by atoms with Crippen LogP contribution in [-0.4, -0.2) is 29.4 Å². The van der Waals surface area contributed by atoms with Gasteiger partial charge in [0.25, 0.3) is 0 Å². The van der Waals surface area contributed by atoms with E-state index in [1.54, 1.807) is 11.8 Å². The molecule has 0 bridgehead atoms. The summed E-state index contributed by atoms with van der Waals surface area (Å²) in [5.41, 5.74) is 2.25. The predicted octanol–water partition coefficient (Wildman–Crippen LogP) is 2.51. The number of fused-ring (bicyclic) bond motifs is 1. The van der Waals surface area contributed by atoms with Crippen LogP contribution in [0.3, 0.4) is 0 Å². The van der Waals surface area contributed by atoms with Crippen molar-refractivity contribution in [2.75, 3.05) is 19.6 Å². The molecule has 21 heavy (non-hydrogen) atoms. The first kappa shape index (κ1) is 14.3. The second-order valence-electron chi connectivity index (χ2n) is 5.01. The van der Waals surface area contributed by atoms with Crippen LogP contribution < -0.4 is 14.8 Å². The smallest absolute Gasteiger partial charge is 0.231 e. The molecular weight excluding hydrogens is 286 g/mol. The zero-order valence-electron chi connectivity index (χ0n) is 12.4. The van der Waals surface area contributed by atoms with Crippen LogP contribution in [0.15, 0.2) is 29.3 Å². The zero-order valence-corrected chi connectivity index (χ0v) is 13.2. The molecule has 5 nitrogen and oxygen atoms in total. The summed E-state index contributed by atoms with van der Waals surface area (Å²) in [6.07, 6.45) is 0. The average Bonchev–Trinajstić information content (AvgIpc) is 3.05. The van der Waals surface area contributed by atoms with Gasteiger partial charge in [-0.25, -0.2) is 0 Å². The van der Waals surface area contributed by atoms with E-state index in [0.29, 0.717) is 6.79 Å². The second kappa shape index (κ2) is 5.99. The van der Waals surface area contributed by atoms with Crippen molar-refractivity contribution >= 4 is 11.8 Å². The number of nitrogens with zero attached hydrogens (tertiary/aromatic N) is 2. The van der Waals surface area contributed by atoms with Crippen LogP contribution >= 0.6 is 11.8 Å². The first-order valence-electron chi connectivity index (χ1n) is 6.87. The monoisotopic (exact) mass is 305 g/mol. The van der Waals surface area contributed by atoms with E-state index in [9.17, 15) is 0 Å². The maximum atomic E-state index is 5.45. The number of rotatable bonds is 5. The van der Waals surface area contributed by atoms with Crippen molar-refractivity contribution in [1.82, 2.24) is 15.1 Å². The Kier molecular flexibility index (Phi) is 4.07. The molecule has 0 spiro atoms. The highest BCUT2D eigenvalue weighted by Crippen LogP contribution is 2.35. The molecule has 0 fully saturated rings. The fraction of sp³-hybridized carbons (Fsp3) is 0.400. The number of aromatic nitrogens is 2. The van der Waals surface area contributed by atoms with E-state index in [1.807, 2.05) is 31.8 Å². The summed E-state index contributed by atoms with van der Waals surface area (Å²) in [7, 11) is 3.95. The Balaban J connectivity index is 1.71. The van der Waals surface area contributed by atoms with Crippen LogP contribution in [0.5, 0.6) is 11.5 Å². The molecule has 1 unspecified atom stereocenters. The first-order valence-corrected chi connectivity index (χ1v) is 7.86. The molecule has 0 aliphatic carbocycles. The molecule has 112 valence electrons. The number of benzene rings is 1. The lowest BCUT2D eigenvalue weighted by molar-refractivity contribution is 0.174. The minimum atomic E-state index is 0.250. The van der Waals surface area contributed by atoms with E-state index in [4.69, 9.17) is 9.47 Å². The number of nitrogens with one attached hydrogen (secondary N) is 1. The Labute approximate surface area is 128 Å².